The van der Waals surface area contributed by atoms with Gasteiger partial charge in [-0.15, -0.1) is 0 Å². The van der Waals surface area contributed by atoms with Crippen LogP contribution in [0.3, 0.4) is 0 Å². The minimum atomic E-state index is -0.574. The molecule has 2 bridgehead atoms. The molecule has 3 saturated heterocycles. The number of carbonyl (C=O) groups is 1. The Hall–Kier alpha value is -1.92. The molecule has 7 heteroatoms. The molecule has 3 aliphatic rings. The molecule has 4 rings (SSSR count). The Morgan fingerprint density at radius 2 is 2.11 bits per heavy atom. The first-order valence-electron chi connectivity index (χ1n) is 10.3. The van der Waals surface area contributed by atoms with E-state index in [0.717, 1.165) is 51.4 Å². The fourth-order valence-corrected chi connectivity index (χ4v) is 5.34. The van der Waals surface area contributed by atoms with Crippen LogP contribution in [0.4, 0.5) is 16.2 Å². The number of aromatic nitrogens is 2. The Bertz CT molecular complexity index is 712. The average molecular weight is 375 g/mol. The molecule has 1 aromatic rings. The molecule has 2 N–H and O–H groups in total. The van der Waals surface area contributed by atoms with Gasteiger partial charge in [-0.05, 0) is 49.9 Å². The fraction of sp³-hybridized carbons (Fsp3) is 0.750. The van der Waals surface area contributed by atoms with E-state index >= 15 is 0 Å². The molecule has 4 heterocycles. The number of hydrogen-bond acceptors (Lipinski definition) is 5. The quantitative estimate of drug-likeness (QED) is 0.876. The lowest BCUT2D eigenvalue weighted by Crippen LogP contribution is -2.65. The molecular weight excluding hydrogens is 345 g/mol. The van der Waals surface area contributed by atoms with Gasteiger partial charge in [-0.25, -0.2) is 9.37 Å². The van der Waals surface area contributed by atoms with Crippen molar-refractivity contribution in [3.63, 3.8) is 0 Å². The summed E-state index contributed by atoms with van der Waals surface area (Å²) in [6, 6.07) is 0.613. The van der Waals surface area contributed by atoms with Crippen LogP contribution in [0.25, 0.3) is 0 Å². The smallest absolute Gasteiger partial charge is 0.227 e. The molecule has 0 radical (unpaired) electrons. The highest BCUT2D eigenvalue weighted by atomic mass is 19.1. The average Bonchev–Trinajstić information content (AvgIpc) is 2.64. The van der Waals surface area contributed by atoms with Crippen LogP contribution in [-0.4, -0.2) is 45.9 Å². The first kappa shape index (κ1) is 18.4. The van der Waals surface area contributed by atoms with E-state index in [4.69, 9.17) is 5.73 Å². The maximum Gasteiger partial charge on any atom is 0.227 e. The van der Waals surface area contributed by atoms with E-state index in [1.54, 1.807) is 0 Å². The summed E-state index contributed by atoms with van der Waals surface area (Å²) in [6.07, 6.45) is 7.26. The van der Waals surface area contributed by atoms with E-state index in [9.17, 15) is 9.18 Å². The minimum Gasteiger partial charge on any atom is -0.381 e. The molecule has 1 aromatic heterocycles. The number of anilines is 2. The van der Waals surface area contributed by atoms with E-state index in [-0.39, 0.29) is 5.82 Å². The van der Waals surface area contributed by atoms with Gasteiger partial charge in [-0.3, -0.25) is 4.79 Å². The van der Waals surface area contributed by atoms with E-state index in [0.29, 0.717) is 48.1 Å². The van der Waals surface area contributed by atoms with Gasteiger partial charge in [0.2, 0.25) is 11.9 Å². The summed E-state index contributed by atoms with van der Waals surface area (Å²) in [5, 5.41) is 0. The largest absolute Gasteiger partial charge is 0.381 e. The van der Waals surface area contributed by atoms with Crippen molar-refractivity contribution in [3.05, 3.63) is 12.0 Å². The maximum atomic E-state index is 13.5. The number of fused-ring (bicyclic) bond motifs is 4. The van der Waals surface area contributed by atoms with Gasteiger partial charge >= 0.3 is 0 Å². The molecule has 27 heavy (non-hydrogen) atoms. The summed E-state index contributed by atoms with van der Waals surface area (Å²) in [6.45, 7) is 6.10. The van der Waals surface area contributed by atoms with Crippen LogP contribution in [0.1, 0.15) is 52.4 Å². The highest BCUT2D eigenvalue weighted by molar-refractivity contribution is 5.78. The molecule has 4 atom stereocenters. The topological polar surface area (TPSA) is 75.4 Å². The van der Waals surface area contributed by atoms with Crippen LogP contribution in [0.15, 0.2) is 6.20 Å². The SMILES string of the molecule is CC(C)CC[C@H]1[C@H]2C[C@H](CN(c3ncc(F)c(N)n3)C2)[C@@H]2CCCC(=O)N21. The summed E-state index contributed by atoms with van der Waals surface area (Å²) in [4.78, 5) is 25.6. The lowest BCUT2D eigenvalue weighted by Gasteiger charge is -2.56. The highest BCUT2D eigenvalue weighted by Gasteiger charge is 2.49. The predicted octanol–water partition coefficient (Wildman–Crippen LogP) is 2.84. The standard InChI is InChI=1S/C20H30FN5O/c1-12(2)6-7-17-14-8-13(16-4-3-5-18(27)26(16)17)10-25(11-14)20-23-9-15(21)19(22)24-20/h9,12-14,16-17H,3-8,10-11H2,1-2H3,(H2,22,23,24)/t13-,14+,16+,17+/m1/s1. The Labute approximate surface area is 160 Å². The molecule has 1 amide bonds. The number of nitrogens with zero attached hydrogens (tertiary/aromatic N) is 4. The number of piperidine rings is 3. The van der Waals surface area contributed by atoms with Crippen LogP contribution in [0, 0.1) is 23.6 Å². The molecule has 0 aliphatic carbocycles. The Morgan fingerprint density at radius 1 is 1.33 bits per heavy atom. The molecule has 0 spiro atoms. The second-order valence-corrected chi connectivity index (χ2v) is 8.86. The molecule has 0 saturated carbocycles. The third-order valence-electron chi connectivity index (χ3n) is 6.58. The second kappa shape index (κ2) is 7.24. The maximum absolute atomic E-state index is 13.5. The van der Waals surface area contributed by atoms with Gasteiger partial charge in [0.05, 0.1) is 6.20 Å². The van der Waals surface area contributed by atoms with Gasteiger partial charge in [0.15, 0.2) is 11.6 Å². The van der Waals surface area contributed by atoms with Gasteiger partial charge in [0.1, 0.15) is 0 Å². The molecule has 3 fully saturated rings. The van der Waals surface area contributed by atoms with Gasteiger partial charge in [0, 0.05) is 31.6 Å². The van der Waals surface area contributed by atoms with Crippen molar-refractivity contribution in [1.29, 1.82) is 0 Å². The van der Waals surface area contributed by atoms with Gasteiger partial charge < -0.3 is 15.5 Å². The minimum absolute atomic E-state index is 0.0958. The van der Waals surface area contributed by atoms with Crippen LogP contribution in [-0.2, 0) is 4.79 Å². The van der Waals surface area contributed by atoms with Crippen molar-refractivity contribution in [2.45, 2.75) is 64.5 Å². The zero-order valence-corrected chi connectivity index (χ0v) is 16.3. The van der Waals surface area contributed by atoms with Crippen molar-refractivity contribution >= 4 is 17.7 Å². The number of hydrogen-bond donors (Lipinski definition) is 1. The number of rotatable bonds is 4. The Kier molecular flexibility index (Phi) is 4.95. The first-order chi connectivity index (χ1) is 12.9. The lowest BCUT2D eigenvalue weighted by molar-refractivity contribution is -0.149. The third kappa shape index (κ3) is 3.48. The number of halogens is 1. The van der Waals surface area contributed by atoms with Gasteiger partial charge in [-0.1, -0.05) is 13.8 Å². The van der Waals surface area contributed by atoms with Gasteiger partial charge in [-0.2, -0.15) is 4.98 Å². The zero-order valence-electron chi connectivity index (χ0n) is 16.3. The molecule has 0 unspecified atom stereocenters. The summed E-state index contributed by atoms with van der Waals surface area (Å²) in [5.74, 6) is 1.65. The summed E-state index contributed by atoms with van der Waals surface area (Å²) in [7, 11) is 0. The van der Waals surface area contributed by atoms with E-state index in [1.807, 2.05) is 0 Å². The number of nitrogens with two attached hydrogens (primary N) is 1. The number of nitrogen functional groups attached to an aromatic ring is 1. The summed E-state index contributed by atoms with van der Waals surface area (Å²) < 4.78 is 13.5. The van der Waals surface area contributed by atoms with Crippen LogP contribution in [0.2, 0.25) is 0 Å². The van der Waals surface area contributed by atoms with Crippen LogP contribution in [0.5, 0.6) is 0 Å². The first-order valence-corrected chi connectivity index (χ1v) is 10.3. The normalized spacial score (nSPS) is 30.6. The van der Waals surface area contributed by atoms with Crippen LogP contribution < -0.4 is 10.6 Å². The van der Waals surface area contributed by atoms with Crippen molar-refractivity contribution in [2.24, 2.45) is 17.8 Å². The molecule has 3 aliphatic heterocycles. The zero-order chi connectivity index (χ0) is 19.1. The predicted molar refractivity (Wildman–Crippen MR) is 103 cm³/mol. The van der Waals surface area contributed by atoms with Gasteiger partial charge in [0.25, 0.3) is 0 Å². The molecule has 0 aromatic carbocycles. The number of amides is 1. The van der Waals surface area contributed by atoms with Crippen molar-refractivity contribution in [3.8, 4) is 0 Å². The summed E-state index contributed by atoms with van der Waals surface area (Å²) in [5.41, 5.74) is 5.67. The highest BCUT2D eigenvalue weighted by Crippen LogP contribution is 2.43. The molecule has 6 nitrogen and oxygen atoms in total. The van der Waals surface area contributed by atoms with E-state index in [2.05, 4.69) is 33.6 Å². The van der Waals surface area contributed by atoms with E-state index < -0.39 is 5.82 Å². The lowest BCUT2D eigenvalue weighted by atomic mass is 9.71. The van der Waals surface area contributed by atoms with E-state index in [1.165, 1.54) is 0 Å². The summed E-state index contributed by atoms with van der Waals surface area (Å²) >= 11 is 0. The number of carbonyl (C=O) groups excluding carboxylic acids is 1. The van der Waals surface area contributed by atoms with Crippen molar-refractivity contribution in [1.82, 2.24) is 14.9 Å². The fourth-order valence-electron chi connectivity index (χ4n) is 5.34. The third-order valence-corrected chi connectivity index (χ3v) is 6.58. The van der Waals surface area contributed by atoms with Crippen molar-refractivity contribution in [2.75, 3.05) is 23.7 Å². The molecule has 148 valence electrons. The van der Waals surface area contributed by atoms with Crippen LogP contribution >= 0.6 is 0 Å². The monoisotopic (exact) mass is 375 g/mol. The Balaban J connectivity index is 1.61. The van der Waals surface area contributed by atoms with Crippen molar-refractivity contribution < 1.29 is 9.18 Å². The second-order valence-electron chi connectivity index (χ2n) is 8.86. The molecular formula is C20H30FN5O. The Morgan fingerprint density at radius 3 is 2.85 bits per heavy atom.